The zero-order chi connectivity index (χ0) is 17.7. The summed E-state index contributed by atoms with van der Waals surface area (Å²) < 4.78 is 5.03. The first-order valence-electron chi connectivity index (χ1n) is 7.17. The molecule has 0 atom stereocenters. The Morgan fingerprint density at radius 1 is 1.04 bits per heavy atom. The summed E-state index contributed by atoms with van der Waals surface area (Å²) in [4.78, 5) is 24.3. The van der Waals surface area contributed by atoms with Gasteiger partial charge in [-0.15, -0.1) is 0 Å². The minimum atomic E-state index is -0.493. The Balaban J connectivity index is 2.11. The fourth-order valence-electron chi connectivity index (χ4n) is 1.69. The summed E-state index contributed by atoms with van der Waals surface area (Å²) in [5, 5.41) is 8.87. The molecule has 1 heterocycles. The van der Waals surface area contributed by atoms with Gasteiger partial charge in [0.05, 0.1) is 7.11 Å². The number of aromatic nitrogens is 3. The molecule has 0 aliphatic heterocycles. The normalized spacial score (nSPS) is 10.9. The van der Waals surface area contributed by atoms with Gasteiger partial charge in [-0.05, 0) is 45.0 Å². The number of anilines is 3. The zero-order valence-corrected chi connectivity index (χ0v) is 14.6. The molecular weight excluding hydrogens is 332 g/mol. The van der Waals surface area contributed by atoms with Gasteiger partial charge in [0.25, 0.3) is 0 Å². The van der Waals surface area contributed by atoms with E-state index in [4.69, 9.17) is 16.3 Å². The largest absolute Gasteiger partial charge is 0.467 e. The Labute approximate surface area is 145 Å². The molecule has 0 radical (unpaired) electrons. The van der Waals surface area contributed by atoms with Crippen molar-refractivity contribution >= 4 is 35.2 Å². The maximum atomic E-state index is 12.0. The van der Waals surface area contributed by atoms with E-state index in [1.807, 2.05) is 20.8 Å². The molecule has 0 spiro atoms. The number of nitrogens with one attached hydrogen (secondary N) is 3. The highest BCUT2D eigenvalue weighted by Gasteiger charge is 2.15. The van der Waals surface area contributed by atoms with Crippen molar-refractivity contribution < 1.29 is 9.53 Å². The van der Waals surface area contributed by atoms with E-state index >= 15 is 0 Å². The number of hydrogen-bond acceptors (Lipinski definition) is 6. The summed E-state index contributed by atoms with van der Waals surface area (Å²) in [6.07, 6.45) is 0. The van der Waals surface area contributed by atoms with Crippen LogP contribution in [-0.4, -0.2) is 33.6 Å². The summed E-state index contributed by atoms with van der Waals surface area (Å²) in [6, 6.07) is 6.32. The van der Waals surface area contributed by atoms with Crippen molar-refractivity contribution in [2.45, 2.75) is 26.3 Å². The number of carbonyl (C=O) groups excluding carboxylic acids is 1. The summed E-state index contributed by atoms with van der Waals surface area (Å²) in [6.45, 7) is 5.89. The highest BCUT2D eigenvalue weighted by Crippen LogP contribution is 2.16. The molecule has 2 rings (SSSR count). The van der Waals surface area contributed by atoms with E-state index in [0.717, 1.165) is 0 Å². The van der Waals surface area contributed by atoms with Gasteiger partial charge in [0, 0.05) is 16.2 Å². The smallest absolute Gasteiger partial charge is 0.326 e. The van der Waals surface area contributed by atoms with Gasteiger partial charge in [-0.2, -0.15) is 15.0 Å². The first-order chi connectivity index (χ1) is 11.2. The molecule has 2 amide bonds. The highest BCUT2D eigenvalue weighted by molar-refractivity contribution is 6.30. The molecule has 2 aromatic rings. The molecule has 0 unspecified atom stereocenters. The number of methoxy groups -OCH3 is 1. The number of rotatable bonds is 4. The first-order valence-corrected chi connectivity index (χ1v) is 7.55. The molecule has 0 saturated carbocycles. The van der Waals surface area contributed by atoms with Crippen LogP contribution < -0.4 is 20.7 Å². The Hall–Kier alpha value is -2.61. The van der Waals surface area contributed by atoms with Gasteiger partial charge < -0.3 is 15.4 Å². The third-order valence-corrected chi connectivity index (χ3v) is 2.86. The molecule has 0 saturated heterocycles. The topological polar surface area (TPSA) is 101 Å². The number of ether oxygens (including phenoxy) is 1. The third-order valence-electron chi connectivity index (χ3n) is 2.61. The van der Waals surface area contributed by atoms with Gasteiger partial charge in [-0.25, -0.2) is 4.79 Å². The summed E-state index contributed by atoms with van der Waals surface area (Å²) in [5.74, 6) is 0.371. The van der Waals surface area contributed by atoms with E-state index in [1.54, 1.807) is 24.3 Å². The average molecular weight is 351 g/mol. The third kappa shape index (κ3) is 5.54. The molecular formula is C15H19ClN6O2. The van der Waals surface area contributed by atoms with Crippen LogP contribution in [0.25, 0.3) is 0 Å². The van der Waals surface area contributed by atoms with Crippen molar-refractivity contribution in [1.82, 2.24) is 15.0 Å². The van der Waals surface area contributed by atoms with Crippen LogP contribution in [0.1, 0.15) is 20.8 Å². The van der Waals surface area contributed by atoms with Gasteiger partial charge in [-0.1, -0.05) is 11.6 Å². The van der Waals surface area contributed by atoms with Crippen molar-refractivity contribution in [3.8, 4) is 6.01 Å². The van der Waals surface area contributed by atoms with E-state index in [0.29, 0.717) is 16.7 Å². The van der Waals surface area contributed by atoms with E-state index in [2.05, 4.69) is 30.9 Å². The van der Waals surface area contributed by atoms with Crippen molar-refractivity contribution in [1.29, 1.82) is 0 Å². The molecule has 3 N–H and O–H groups in total. The van der Waals surface area contributed by atoms with Crippen LogP contribution in [-0.2, 0) is 0 Å². The van der Waals surface area contributed by atoms with Crippen molar-refractivity contribution in [3.63, 3.8) is 0 Å². The zero-order valence-electron chi connectivity index (χ0n) is 13.8. The second-order valence-electron chi connectivity index (χ2n) is 5.93. The quantitative estimate of drug-likeness (QED) is 0.781. The lowest BCUT2D eigenvalue weighted by atomic mass is 10.1. The molecule has 128 valence electrons. The predicted octanol–water partition coefficient (Wildman–Crippen LogP) is 3.39. The van der Waals surface area contributed by atoms with E-state index < -0.39 is 6.03 Å². The molecule has 0 aliphatic rings. The summed E-state index contributed by atoms with van der Waals surface area (Å²) in [5.41, 5.74) is 0.334. The van der Waals surface area contributed by atoms with Crippen LogP contribution in [0.5, 0.6) is 6.01 Å². The highest BCUT2D eigenvalue weighted by atomic mass is 35.5. The number of nitrogens with zero attached hydrogens (tertiary/aromatic N) is 3. The van der Waals surface area contributed by atoms with Crippen molar-refractivity contribution in [3.05, 3.63) is 29.3 Å². The second kappa shape index (κ2) is 7.31. The van der Waals surface area contributed by atoms with E-state index in [1.165, 1.54) is 7.11 Å². The maximum Gasteiger partial charge on any atom is 0.326 e. The van der Waals surface area contributed by atoms with Crippen LogP contribution in [0.15, 0.2) is 24.3 Å². The van der Waals surface area contributed by atoms with Crippen molar-refractivity contribution in [2.75, 3.05) is 23.1 Å². The lowest BCUT2D eigenvalue weighted by Gasteiger charge is -2.20. The SMILES string of the molecule is COc1nc(NC(=O)Nc2ccc(Cl)cc2)nc(NC(C)(C)C)n1. The fraction of sp³-hybridized carbons (Fsp3) is 0.333. The fourth-order valence-corrected chi connectivity index (χ4v) is 1.82. The Bertz CT molecular complexity index is 715. The number of halogens is 1. The molecule has 9 heteroatoms. The molecule has 0 fully saturated rings. The number of benzene rings is 1. The molecule has 8 nitrogen and oxygen atoms in total. The van der Waals surface area contributed by atoms with Gasteiger partial charge in [-0.3, -0.25) is 5.32 Å². The van der Waals surface area contributed by atoms with Gasteiger partial charge in [0.1, 0.15) is 0 Å². The Morgan fingerprint density at radius 3 is 2.25 bits per heavy atom. The lowest BCUT2D eigenvalue weighted by molar-refractivity contribution is 0.262. The summed E-state index contributed by atoms with van der Waals surface area (Å²) >= 11 is 5.81. The Kier molecular flexibility index (Phi) is 5.40. The Morgan fingerprint density at radius 2 is 1.67 bits per heavy atom. The minimum absolute atomic E-state index is 0.0695. The lowest BCUT2D eigenvalue weighted by Crippen LogP contribution is -2.28. The van der Waals surface area contributed by atoms with Crippen LogP contribution in [0.2, 0.25) is 5.02 Å². The van der Waals surface area contributed by atoms with Gasteiger partial charge in [0.2, 0.25) is 11.9 Å². The second-order valence-corrected chi connectivity index (χ2v) is 6.37. The van der Waals surface area contributed by atoms with E-state index in [9.17, 15) is 4.79 Å². The van der Waals surface area contributed by atoms with Gasteiger partial charge in [0.15, 0.2) is 0 Å². The van der Waals surface area contributed by atoms with Crippen LogP contribution in [0.3, 0.4) is 0 Å². The number of hydrogen-bond donors (Lipinski definition) is 3. The maximum absolute atomic E-state index is 12.0. The molecule has 0 aliphatic carbocycles. The van der Waals surface area contributed by atoms with Crippen LogP contribution in [0, 0.1) is 0 Å². The number of urea groups is 1. The molecule has 0 bridgehead atoms. The number of carbonyl (C=O) groups is 1. The molecule has 24 heavy (non-hydrogen) atoms. The molecule has 1 aromatic heterocycles. The van der Waals surface area contributed by atoms with Crippen molar-refractivity contribution in [2.24, 2.45) is 0 Å². The standard InChI is InChI=1S/C15H19ClN6O2/c1-15(2,3)22-12-18-11(20-14(21-12)24-4)19-13(23)17-10-7-5-9(16)6-8-10/h5-8H,1-4H3,(H3,17,18,19,20,21,22,23). The molecule has 1 aromatic carbocycles. The van der Waals surface area contributed by atoms with E-state index in [-0.39, 0.29) is 17.5 Å². The first kappa shape index (κ1) is 17.7. The number of amides is 2. The van der Waals surface area contributed by atoms with Crippen LogP contribution >= 0.6 is 11.6 Å². The average Bonchev–Trinajstić information content (AvgIpc) is 2.47. The van der Waals surface area contributed by atoms with Gasteiger partial charge >= 0.3 is 12.0 Å². The monoisotopic (exact) mass is 350 g/mol. The minimum Gasteiger partial charge on any atom is -0.467 e. The predicted molar refractivity (Wildman–Crippen MR) is 93.8 cm³/mol. The summed E-state index contributed by atoms with van der Waals surface area (Å²) in [7, 11) is 1.44. The van der Waals surface area contributed by atoms with Crippen LogP contribution in [0.4, 0.5) is 22.4 Å².